The molecule has 0 amide bonds. The summed E-state index contributed by atoms with van der Waals surface area (Å²) in [6, 6.07) is 27.2. The van der Waals surface area contributed by atoms with E-state index in [0.717, 1.165) is 55.8 Å². The second-order valence-electron chi connectivity index (χ2n) is 9.58. The molecule has 0 spiro atoms. The van der Waals surface area contributed by atoms with Crippen LogP contribution in [-0.2, 0) is 0 Å². The van der Waals surface area contributed by atoms with Crippen LogP contribution in [0.2, 0.25) is 0 Å². The number of nitrogens with zero attached hydrogens (tertiary/aromatic N) is 6. The predicted octanol–water partition coefficient (Wildman–Crippen LogP) is 6.84. The first-order valence-corrected chi connectivity index (χ1v) is 12.7. The van der Waals surface area contributed by atoms with Crippen LogP contribution >= 0.6 is 0 Å². The fourth-order valence-electron chi connectivity index (χ4n) is 5.91. The molecule has 0 radical (unpaired) electrons. The van der Waals surface area contributed by atoms with Crippen molar-refractivity contribution in [3.05, 3.63) is 121 Å². The Labute approximate surface area is 219 Å². The second kappa shape index (κ2) is 8.21. The van der Waals surface area contributed by atoms with Crippen molar-refractivity contribution in [2.45, 2.75) is 12.1 Å². The summed E-state index contributed by atoms with van der Waals surface area (Å²) in [6.45, 7) is 0. The molecule has 6 heteroatoms. The highest BCUT2D eigenvalue weighted by atomic mass is 15.3. The summed E-state index contributed by atoms with van der Waals surface area (Å²) in [5.41, 5.74) is 8.63. The lowest BCUT2D eigenvalue weighted by molar-refractivity contribution is 0.668. The van der Waals surface area contributed by atoms with Gasteiger partial charge in [0.2, 0.25) is 0 Å². The largest absolute Gasteiger partial charge is 0.317 e. The summed E-state index contributed by atoms with van der Waals surface area (Å²) in [6.07, 6.45) is 13.7. The van der Waals surface area contributed by atoms with Crippen LogP contribution in [0.5, 0.6) is 0 Å². The molecule has 4 aromatic heterocycles. The number of pyridine rings is 3. The van der Waals surface area contributed by atoms with Gasteiger partial charge in [-0.2, -0.15) is 0 Å². The topological polar surface area (TPSA) is 59.2 Å². The van der Waals surface area contributed by atoms with Gasteiger partial charge in [0.25, 0.3) is 0 Å². The van der Waals surface area contributed by atoms with Gasteiger partial charge >= 0.3 is 0 Å². The van der Waals surface area contributed by atoms with Crippen molar-refractivity contribution in [2.24, 2.45) is 4.99 Å². The summed E-state index contributed by atoms with van der Waals surface area (Å²) in [5.74, 6) is 0.930. The van der Waals surface area contributed by atoms with Crippen LogP contribution in [0.3, 0.4) is 0 Å². The first-order chi connectivity index (χ1) is 18.9. The van der Waals surface area contributed by atoms with E-state index in [-0.39, 0.29) is 12.1 Å². The van der Waals surface area contributed by atoms with Gasteiger partial charge in [-0.25, -0.2) is 4.98 Å². The molecule has 6 aromatic rings. The normalized spacial score (nSPS) is 17.7. The number of rotatable bonds is 3. The molecule has 2 aliphatic rings. The van der Waals surface area contributed by atoms with Crippen LogP contribution in [0.1, 0.15) is 11.6 Å². The number of anilines is 2. The van der Waals surface area contributed by atoms with Crippen molar-refractivity contribution < 1.29 is 0 Å². The maximum absolute atomic E-state index is 5.08. The van der Waals surface area contributed by atoms with Gasteiger partial charge in [-0.1, -0.05) is 42.5 Å². The van der Waals surface area contributed by atoms with Gasteiger partial charge in [-0.3, -0.25) is 15.0 Å². The Morgan fingerprint density at radius 1 is 0.737 bits per heavy atom. The minimum atomic E-state index is -0.0833. The molecule has 8 rings (SSSR count). The Bertz CT molecular complexity index is 1890. The van der Waals surface area contributed by atoms with Crippen molar-refractivity contribution in [1.29, 1.82) is 0 Å². The number of dihydropyridines is 1. The van der Waals surface area contributed by atoms with Crippen molar-refractivity contribution in [3.63, 3.8) is 0 Å². The summed E-state index contributed by atoms with van der Waals surface area (Å²) >= 11 is 0. The monoisotopic (exact) mass is 490 g/mol. The maximum atomic E-state index is 5.08. The first-order valence-electron chi connectivity index (χ1n) is 12.7. The van der Waals surface area contributed by atoms with Gasteiger partial charge < -0.3 is 9.47 Å². The smallest absolute Gasteiger partial charge is 0.141 e. The molecule has 2 unspecified atom stereocenters. The first kappa shape index (κ1) is 21.0. The molecule has 0 saturated carbocycles. The number of hydrogen-bond acceptors (Lipinski definition) is 5. The van der Waals surface area contributed by atoms with E-state index in [9.17, 15) is 0 Å². The molecule has 0 saturated heterocycles. The van der Waals surface area contributed by atoms with E-state index in [0.29, 0.717) is 0 Å². The van der Waals surface area contributed by atoms with Crippen molar-refractivity contribution in [3.8, 4) is 16.8 Å². The van der Waals surface area contributed by atoms with E-state index in [1.807, 2.05) is 49.1 Å². The number of benzene rings is 2. The highest BCUT2D eigenvalue weighted by Crippen LogP contribution is 2.50. The van der Waals surface area contributed by atoms with Crippen LogP contribution in [-0.4, -0.2) is 31.8 Å². The van der Waals surface area contributed by atoms with Crippen molar-refractivity contribution in [1.82, 2.24) is 19.5 Å². The van der Waals surface area contributed by atoms with Gasteiger partial charge in [-0.15, -0.1) is 0 Å². The van der Waals surface area contributed by atoms with E-state index < -0.39 is 0 Å². The average molecular weight is 491 g/mol. The van der Waals surface area contributed by atoms with Gasteiger partial charge in [-0.05, 0) is 54.1 Å². The number of allylic oxidation sites excluding steroid dienone is 1. The minimum absolute atomic E-state index is 0.0208. The molecule has 2 aromatic carbocycles. The number of fused-ring (bicyclic) bond motifs is 7. The van der Waals surface area contributed by atoms with Gasteiger partial charge in [0.05, 0.1) is 22.6 Å². The number of aromatic nitrogens is 4. The highest BCUT2D eigenvalue weighted by molar-refractivity contribution is 6.09. The van der Waals surface area contributed by atoms with Crippen molar-refractivity contribution in [2.75, 3.05) is 4.90 Å². The molecule has 0 aliphatic carbocycles. The lowest BCUT2D eigenvalue weighted by atomic mass is 10.0. The van der Waals surface area contributed by atoms with Crippen LogP contribution < -0.4 is 4.90 Å². The van der Waals surface area contributed by atoms with Crippen LogP contribution in [0, 0.1) is 0 Å². The van der Waals surface area contributed by atoms with Crippen molar-refractivity contribution >= 4 is 39.7 Å². The third-order valence-corrected chi connectivity index (χ3v) is 7.49. The Kier molecular flexibility index (Phi) is 4.54. The molecule has 0 N–H and O–H groups in total. The summed E-state index contributed by atoms with van der Waals surface area (Å²) in [5, 5.41) is 1.04. The summed E-state index contributed by atoms with van der Waals surface area (Å²) < 4.78 is 2.32. The Morgan fingerprint density at radius 3 is 2.50 bits per heavy atom. The molecular formula is C32H22N6. The lowest BCUT2D eigenvalue weighted by Gasteiger charge is -2.27. The van der Waals surface area contributed by atoms with Crippen LogP contribution in [0.4, 0.5) is 11.5 Å². The Hall–Kier alpha value is -5.10. The van der Waals surface area contributed by atoms with Gasteiger partial charge in [0.1, 0.15) is 11.9 Å². The molecule has 0 bridgehead atoms. The lowest BCUT2D eigenvalue weighted by Crippen LogP contribution is -2.29. The molecule has 6 nitrogen and oxygen atoms in total. The van der Waals surface area contributed by atoms with Crippen LogP contribution in [0.25, 0.3) is 38.8 Å². The molecule has 180 valence electrons. The number of para-hydroxylation sites is 1. The SMILES string of the molecule is C1=CC2C(N=C1)c1c(ncc3c4ncccc4n(-c4ccccc4)c13)N2c1cccc(-c2cccnc2)c1. The zero-order valence-electron chi connectivity index (χ0n) is 20.4. The molecule has 38 heavy (non-hydrogen) atoms. The fourth-order valence-corrected chi connectivity index (χ4v) is 5.91. The minimum Gasteiger partial charge on any atom is -0.317 e. The summed E-state index contributed by atoms with van der Waals surface area (Å²) in [4.78, 5) is 21.5. The Morgan fingerprint density at radius 2 is 1.61 bits per heavy atom. The fraction of sp³-hybridized carbons (Fsp3) is 0.0625. The quantitative estimate of drug-likeness (QED) is 0.273. The third-order valence-electron chi connectivity index (χ3n) is 7.49. The van der Waals surface area contributed by atoms with E-state index in [1.54, 1.807) is 6.20 Å². The zero-order chi connectivity index (χ0) is 25.1. The zero-order valence-corrected chi connectivity index (χ0v) is 20.4. The van der Waals surface area contributed by atoms with E-state index in [1.165, 1.54) is 0 Å². The maximum Gasteiger partial charge on any atom is 0.141 e. The molecule has 2 atom stereocenters. The number of aliphatic imine (C=N–C) groups is 1. The Balaban J connectivity index is 1.42. The average Bonchev–Trinajstić information content (AvgIpc) is 3.51. The van der Waals surface area contributed by atoms with E-state index in [2.05, 4.69) is 81.2 Å². The molecule has 0 fully saturated rings. The highest BCUT2D eigenvalue weighted by Gasteiger charge is 2.42. The molecule has 2 aliphatic heterocycles. The molecule has 6 heterocycles. The van der Waals surface area contributed by atoms with Gasteiger partial charge in [0.15, 0.2) is 0 Å². The molecular weight excluding hydrogens is 468 g/mol. The van der Waals surface area contributed by atoms with E-state index >= 15 is 0 Å². The number of hydrogen-bond donors (Lipinski definition) is 0. The van der Waals surface area contributed by atoms with E-state index in [4.69, 9.17) is 15.0 Å². The third kappa shape index (κ3) is 3.00. The van der Waals surface area contributed by atoms with Gasteiger partial charge in [0, 0.05) is 58.9 Å². The summed E-state index contributed by atoms with van der Waals surface area (Å²) in [7, 11) is 0. The van der Waals surface area contributed by atoms with Crippen LogP contribution in [0.15, 0.2) is 121 Å². The standard InChI is InChI=1S/C32H22N6/c1-2-10-23(11-3-1)37-26-13-6-16-34-29(26)25-20-36-32-28(31(25)37)30-27(14-7-17-35-30)38(32)24-12-4-8-21(18-24)22-9-5-15-33-19-22/h1-20,27,30H. The second-order valence-corrected chi connectivity index (χ2v) is 9.58. The predicted molar refractivity (Wildman–Crippen MR) is 152 cm³/mol.